The summed E-state index contributed by atoms with van der Waals surface area (Å²) in [6.45, 7) is 2.43. The molecule has 0 saturated carbocycles. The molecule has 1 aliphatic carbocycles. The first-order valence-electron chi connectivity index (χ1n) is 13.7. The Morgan fingerprint density at radius 2 is 1.58 bits per heavy atom. The van der Waals surface area contributed by atoms with Crippen molar-refractivity contribution in [2.24, 2.45) is 11.8 Å². The quantitative estimate of drug-likeness (QED) is 0.171. The van der Waals surface area contributed by atoms with Crippen molar-refractivity contribution in [3.8, 4) is 28.7 Å². The number of carbonyl (C=O) groups is 3. The molecule has 0 spiro atoms. The maximum atomic E-state index is 13.4. The molecule has 0 aromatic heterocycles. The van der Waals surface area contributed by atoms with E-state index in [0.717, 1.165) is 0 Å². The Labute approximate surface area is 255 Å². The minimum atomic E-state index is -0.829. The number of methoxy groups -OCH3 is 2. The number of cyclic esters (lactones) is 1. The summed E-state index contributed by atoms with van der Waals surface area (Å²) in [6, 6.07) is 6.08. The van der Waals surface area contributed by atoms with E-state index in [1.807, 2.05) is 0 Å². The van der Waals surface area contributed by atoms with Crippen molar-refractivity contribution in [3.05, 3.63) is 41.0 Å². The number of hydrogen-bond acceptors (Lipinski definition) is 12. The third-order valence-corrected chi connectivity index (χ3v) is 9.29. The molecule has 0 bridgehead atoms. The summed E-state index contributed by atoms with van der Waals surface area (Å²) in [7, 11) is 2.79. The molecule has 2 aromatic rings. The summed E-state index contributed by atoms with van der Waals surface area (Å²) < 4.78 is 33.6. The molecule has 0 radical (unpaired) electrons. The molecular formula is C30H33BrO12. The van der Waals surface area contributed by atoms with Gasteiger partial charge in [-0.2, -0.15) is 0 Å². The summed E-state index contributed by atoms with van der Waals surface area (Å²) in [4.78, 5) is 36.6. The highest BCUT2D eigenvalue weighted by molar-refractivity contribution is 9.09. The van der Waals surface area contributed by atoms with Gasteiger partial charge in [-0.3, -0.25) is 14.4 Å². The number of benzene rings is 2. The van der Waals surface area contributed by atoms with Crippen LogP contribution in [0, 0.1) is 11.8 Å². The van der Waals surface area contributed by atoms with E-state index in [-0.39, 0.29) is 42.0 Å². The normalized spacial score (nSPS) is 29.6. The van der Waals surface area contributed by atoms with Crippen LogP contribution in [-0.4, -0.2) is 83.8 Å². The van der Waals surface area contributed by atoms with E-state index in [2.05, 4.69) is 15.9 Å². The Bertz CT molecular complexity index is 1400. The monoisotopic (exact) mass is 664 g/mol. The van der Waals surface area contributed by atoms with E-state index in [1.54, 1.807) is 12.1 Å². The molecular weight excluding hydrogens is 632 g/mol. The molecule has 2 aliphatic heterocycles. The van der Waals surface area contributed by atoms with Gasteiger partial charge in [0.25, 0.3) is 0 Å². The van der Waals surface area contributed by atoms with Gasteiger partial charge in [-0.25, -0.2) is 0 Å². The lowest BCUT2D eigenvalue weighted by Crippen LogP contribution is -2.53. The topological polar surface area (TPSA) is 167 Å². The molecule has 2 aromatic carbocycles. The van der Waals surface area contributed by atoms with Crippen LogP contribution in [0.1, 0.15) is 48.8 Å². The number of hydrogen-bond donors (Lipinski definition) is 3. The molecule has 2 fully saturated rings. The molecule has 8 unspecified atom stereocenters. The number of phenols is 3. The summed E-state index contributed by atoms with van der Waals surface area (Å²) in [5.41, 5.74) is 1.73. The van der Waals surface area contributed by atoms with Crippen molar-refractivity contribution in [2.75, 3.05) is 27.4 Å². The van der Waals surface area contributed by atoms with E-state index in [9.17, 15) is 29.7 Å². The maximum Gasteiger partial charge on any atom is 0.310 e. The Morgan fingerprint density at radius 1 is 0.953 bits per heavy atom. The Balaban J connectivity index is 1.64. The van der Waals surface area contributed by atoms with Gasteiger partial charge >= 0.3 is 17.9 Å². The highest BCUT2D eigenvalue weighted by Gasteiger charge is 2.56. The van der Waals surface area contributed by atoms with Gasteiger partial charge in [-0.15, -0.1) is 0 Å². The van der Waals surface area contributed by atoms with Gasteiger partial charge in [-0.1, -0.05) is 15.9 Å². The van der Waals surface area contributed by atoms with Crippen LogP contribution in [0.2, 0.25) is 0 Å². The molecule has 2 saturated heterocycles. The second kappa shape index (κ2) is 12.1. The number of fused-ring (bicyclic) bond motifs is 2. The zero-order chi connectivity index (χ0) is 31.2. The smallest absolute Gasteiger partial charge is 0.310 e. The maximum absolute atomic E-state index is 13.4. The molecule has 3 aliphatic rings. The van der Waals surface area contributed by atoms with Crippen molar-refractivity contribution < 1.29 is 58.1 Å². The largest absolute Gasteiger partial charge is 0.504 e. The molecule has 2 heterocycles. The number of aromatic hydroxyl groups is 3. The molecule has 8 atom stereocenters. The summed E-state index contributed by atoms with van der Waals surface area (Å²) >= 11 is 3.64. The molecule has 43 heavy (non-hydrogen) atoms. The average molecular weight is 665 g/mol. The van der Waals surface area contributed by atoms with Crippen LogP contribution in [-0.2, 0) is 33.3 Å². The average Bonchev–Trinajstić information content (AvgIpc) is 3.33. The predicted octanol–water partition coefficient (Wildman–Crippen LogP) is 3.25. The van der Waals surface area contributed by atoms with E-state index in [0.29, 0.717) is 23.1 Å². The predicted molar refractivity (Wildman–Crippen MR) is 152 cm³/mol. The van der Waals surface area contributed by atoms with Crippen LogP contribution in [0.15, 0.2) is 24.3 Å². The summed E-state index contributed by atoms with van der Waals surface area (Å²) in [6.07, 6.45) is -1.86. The fraction of sp³-hybridized carbons (Fsp3) is 0.500. The first-order chi connectivity index (χ1) is 20.4. The lowest BCUT2D eigenvalue weighted by atomic mass is 9.61. The van der Waals surface area contributed by atoms with Crippen molar-refractivity contribution in [3.63, 3.8) is 0 Å². The van der Waals surface area contributed by atoms with E-state index >= 15 is 0 Å². The SMILES string of the molecule is COc1cc(C2c3cc(O)c(O)cc3C(C3CC(Br)C(OC(C)=O)C(COC(C)=O)O3)C3COC(=O)C23)cc(OC)c1O. The van der Waals surface area contributed by atoms with Gasteiger partial charge in [0.15, 0.2) is 23.0 Å². The Kier molecular flexibility index (Phi) is 8.66. The fourth-order valence-electron chi connectivity index (χ4n) is 6.66. The second-order valence-corrected chi connectivity index (χ2v) is 12.1. The number of rotatable bonds is 7. The van der Waals surface area contributed by atoms with Gasteiger partial charge in [0.2, 0.25) is 5.75 Å². The Hall–Kier alpha value is -3.71. The number of phenolic OH excluding ortho intramolecular Hbond substituents is 3. The van der Waals surface area contributed by atoms with Gasteiger partial charge in [0, 0.05) is 31.6 Å². The van der Waals surface area contributed by atoms with Crippen LogP contribution in [0.4, 0.5) is 0 Å². The molecule has 12 nitrogen and oxygen atoms in total. The van der Waals surface area contributed by atoms with Crippen LogP contribution >= 0.6 is 15.9 Å². The van der Waals surface area contributed by atoms with Crippen molar-refractivity contribution >= 4 is 33.8 Å². The molecule has 13 heteroatoms. The third-order valence-electron chi connectivity index (χ3n) is 8.39. The van der Waals surface area contributed by atoms with Crippen molar-refractivity contribution in [1.82, 2.24) is 0 Å². The summed E-state index contributed by atoms with van der Waals surface area (Å²) in [5, 5.41) is 31.8. The van der Waals surface area contributed by atoms with Crippen LogP contribution < -0.4 is 9.47 Å². The highest BCUT2D eigenvalue weighted by Crippen LogP contribution is 2.57. The highest BCUT2D eigenvalue weighted by atomic mass is 79.9. The lowest BCUT2D eigenvalue weighted by molar-refractivity contribution is -0.183. The third kappa shape index (κ3) is 5.67. The van der Waals surface area contributed by atoms with Crippen molar-refractivity contribution in [2.45, 2.75) is 55.2 Å². The zero-order valence-corrected chi connectivity index (χ0v) is 25.5. The van der Waals surface area contributed by atoms with Crippen molar-refractivity contribution in [1.29, 1.82) is 0 Å². The number of esters is 3. The molecule has 3 N–H and O–H groups in total. The lowest BCUT2D eigenvalue weighted by Gasteiger charge is -2.47. The number of carbonyl (C=O) groups excluding carboxylic acids is 3. The van der Waals surface area contributed by atoms with E-state index in [4.69, 9.17) is 28.4 Å². The number of ether oxygens (including phenoxy) is 6. The number of halogens is 1. The zero-order valence-electron chi connectivity index (χ0n) is 23.9. The van der Waals surface area contributed by atoms with Crippen LogP contribution in [0.5, 0.6) is 28.7 Å². The molecule has 232 valence electrons. The molecule has 5 rings (SSSR count). The fourth-order valence-corrected chi connectivity index (χ4v) is 7.48. The van der Waals surface area contributed by atoms with Gasteiger partial charge in [-0.05, 0) is 47.4 Å². The summed E-state index contributed by atoms with van der Waals surface area (Å²) in [5.74, 6) is -4.56. The minimum Gasteiger partial charge on any atom is -0.504 e. The first-order valence-corrected chi connectivity index (χ1v) is 14.6. The molecule has 0 amide bonds. The second-order valence-electron chi connectivity index (χ2n) is 10.9. The number of alkyl halides is 1. The van der Waals surface area contributed by atoms with Crippen LogP contribution in [0.3, 0.4) is 0 Å². The van der Waals surface area contributed by atoms with Gasteiger partial charge < -0.3 is 43.7 Å². The van der Waals surface area contributed by atoms with Crippen LogP contribution in [0.25, 0.3) is 0 Å². The van der Waals surface area contributed by atoms with Gasteiger partial charge in [0.05, 0.1) is 37.7 Å². The van der Waals surface area contributed by atoms with E-state index in [1.165, 1.54) is 40.2 Å². The first kappa shape index (κ1) is 30.7. The Morgan fingerprint density at radius 3 is 2.16 bits per heavy atom. The van der Waals surface area contributed by atoms with E-state index < -0.39 is 64.7 Å². The minimum absolute atomic E-state index is 0.0624. The standard InChI is InChI=1S/C30H33BrO12/c1-12(32)40-11-24-29(42-13(2)33)18(31)9-21(43-24)26-16-8-20(35)19(34)7-15(16)25(27-17(26)10-41-30(27)37)14-5-22(38-3)28(36)23(6-14)39-4/h5-8,17-18,21,24-27,29,34-36H,9-11H2,1-4H3. The van der Waals surface area contributed by atoms with Gasteiger partial charge in [0.1, 0.15) is 18.8 Å².